The number of aromatic nitrogens is 2. The molecule has 4 nitrogen and oxygen atoms in total. The first kappa shape index (κ1) is 14.9. The normalized spacial score (nSPS) is 16.9. The van der Waals surface area contributed by atoms with E-state index in [0.29, 0.717) is 11.4 Å². The predicted octanol–water partition coefficient (Wildman–Crippen LogP) is 3.89. The molecule has 1 fully saturated rings. The molecule has 0 spiro atoms. The van der Waals surface area contributed by atoms with Gasteiger partial charge in [-0.2, -0.15) is 13.2 Å². The van der Waals surface area contributed by atoms with Crippen LogP contribution >= 0.6 is 0 Å². The zero-order chi connectivity index (χ0) is 15.7. The van der Waals surface area contributed by atoms with Gasteiger partial charge in [0, 0.05) is 24.2 Å². The van der Waals surface area contributed by atoms with Crippen LogP contribution in [0.3, 0.4) is 0 Å². The van der Waals surface area contributed by atoms with Crippen LogP contribution in [-0.4, -0.2) is 9.55 Å². The molecule has 0 radical (unpaired) electrons. The number of halogens is 3. The van der Waals surface area contributed by atoms with E-state index in [1.165, 1.54) is 10.6 Å². The maximum atomic E-state index is 12.6. The number of nitrogens with zero attached hydrogens (tertiary/aromatic N) is 2. The van der Waals surface area contributed by atoms with E-state index in [2.05, 4.69) is 4.98 Å². The molecular weight excluding hydrogens is 297 g/mol. The molecule has 0 atom stereocenters. The fraction of sp³-hybridized carbons (Fsp3) is 0.467. The molecule has 7 heteroatoms. The van der Waals surface area contributed by atoms with Gasteiger partial charge in [0.1, 0.15) is 5.76 Å². The lowest BCUT2D eigenvalue weighted by molar-refractivity contribution is -0.140. The van der Waals surface area contributed by atoms with Gasteiger partial charge in [-0.05, 0) is 12.8 Å². The first-order chi connectivity index (χ1) is 10.4. The average Bonchev–Trinajstić information content (AvgIpc) is 2.97. The summed E-state index contributed by atoms with van der Waals surface area (Å²) in [5.41, 5.74) is -1.19. The molecule has 0 amide bonds. The number of hydrogen-bond acceptors (Lipinski definition) is 3. The molecule has 3 rings (SSSR count). The molecule has 22 heavy (non-hydrogen) atoms. The maximum Gasteiger partial charge on any atom is 0.434 e. The zero-order valence-corrected chi connectivity index (χ0v) is 11.8. The number of alkyl halides is 3. The van der Waals surface area contributed by atoms with E-state index in [0.717, 1.165) is 44.6 Å². The number of imidazole rings is 1. The third-order valence-corrected chi connectivity index (χ3v) is 3.95. The SMILES string of the molecule is O=c1cc(-n2cnc(C(F)(F)F)c2)cc(C2CCCCC2)o1. The summed E-state index contributed by atoms with van der Waals surface area (Å²) in [7, 11) is 0. The van der Waals surface area contributed by atoms with Crippen molar-refractivity contribution in [2.24, 2.45) is 0 Å². The molecule has 0 aliphatic heterocycles. The Morgan fingerprint density at radius 1 is 1.18 bits per heavy atom. The molecule has 2 heterocycles. The first-order valence-electron chi connectivity index (χ1n) is 7.20. The summed E-state index contributed by atoms with van der Waals surface area (Å²) in [6.07, 6.45) is 2.60. The molecule has 1 saturated carbocycles. The Morgan fingerprint density at radius 2 is 1.91 bits per heavy atom. The predicted molar refractivity (Wildman–Crippen MR) is 72.9 cm³/mol. The average molecular weight is 312 g/mol. The third kappa shape index (κ3) is 3.08. The molecule has 118 valence electrons. The van der Waals surface area contributed by atoms with Crippen molar-refractivity contribution in [2.75, 3.05) is 0 Å². The van der Waals surface area contributed by atoms with E-state index in [4.69, 9.17) is 4.42 Å². The Hall–Kier alpha value is -2.05. The number of hydrogen-bond donors (Lipinski definition) is 0. The fourth-order valence-electron chi connectivity index (χ4n) is 2.83. The van der Waals surface area contributed by atoms with Gasteiger partial charge in [-0.15, -0.1) is 0 Å². The van der Waals surface area contributed by atoms with Gasteiger partial charge >= 0.3 is 11.8 Å². The van der Waals surface area contributed by atoms with Crippen molar-refractivity contribution in [3.05, 3.63) is 46.5 Å². The van der Waals surface area contributed by atoms with E-state index < -0.39 is 17.5 Å². The second kappa shape index (κ2) is 5.62. The van der Waals surface area contributed by atoms with Gasteiger partial charge < -0.3 is 8.98 Å². The lowest BCUT2D eigenvalue weighted by Crippen LogP contribution is -2.10. The van der Waals surface area contributed by atoms with E-state index in [1.54, 1.807) is 6.07 Å². The molecule has 1 aliphatic rings. The summed E-state index contributed by atoms with van der Waals surface area (Å²) >= 11 is 0. The van der Waals surface area contributed by atoms with Crippen LogP contribution in [0, 0.1) is 0 Å². The molecular formula is C15H15F3N2O2. The van der Waals surface area contributed by atoms with Gasteiger partial charge in [0.05, 0.1) is 12.0 Å². The van der Waals surface area contributed by atoms with Gasteiger partial charge in [-0.1, -0.05) is 19.3 Å². The quantitative estimate of drug-likeness (QED) is 0.845. The Kier molecular flexibility index (Phi) is 3.80. The molecule has 0 saturated heterocycles. The monoisotopic (exact) mass is 312 g/mol. The summed E-state index contributed by atoms with van der Waals surface area (Å²) in [5, 5.41) is 0. The third-order valence-electron chi connectivity index (χ3n) is 3.95. The van der Waals surface area contributed by atoms with Crippen molar-refractivity contribution in [3.8, 4) is 5.69 Å². The van der Waals surface area contributed by atoms with Crippen molar-refractivity contribution >= 4 is 0 Å². The topological polar surface area (TPSA) is 48.0 Å². The van der Waals surface area contributed by atoms with Crippen molar-refractivity contribution in [3.63, 3.8) is 0 Å². The van der Waals surface area contributed by atoms with Crippen LogP contribution in [0.1, 0.15) is 49.5 Å². The van der Waals surface area contributed by atoms with Crippen molar-refractivity contribution in [1.29, 1.82) is 0 Å². The van der Waals surface area contributed by atoms with Gasteiger partial charge in [-0.3, -0.25) is 0 Å². The minimum absolute atomic E-state index is 0.159. The Balaban J connectivity index is 1.95. The van der Waals surface area contributed by atoms with E-state index >= 15 is 0 Å². The molecule has 0 bridgehead atoms. The van der Waals surface area contributed by atoms with Crippen LogP contribution < -0.4 is 5.63 Å². The van der Waals surface area contributed by atoms with Crippen LogP contribution in [0.4, 0.5) is 13.2 Å². The fourth-order valence-corrected chi connectivity index (χ4v) is 2.83. The smallest absolute Gasteiger partial charge is 0.427 e. The van der Waals surface area contributed by atoms with Crippen LogP contribution in [0.2, 0.25) is 0 Å². The summed E-state index contributed by atoms with van der Waals surface area (Å²) in [6, 6.07) is 2.81. The Bertz CT molecular complexity index is 712. The molecule has 2 aromatic rings. The van der Waals surface area contributed by atoms with Crippen molar-refractivity contribution in [2.45, 2.75) is 44.2 Å². The Morgan fingerprint density at radius 3 is 2.55 bits per heavy atom. The summed E-state index contributed by atoms with van der Waals surface area (Å²) in [6.45, 7) is 0. The van der Waals surface area contributed by atoms with E-state index in [1.807, 2.05) is 0 Å². The minimum Gasteiger partial charge on any atom is -0.427 e. The van der Waals surface area contributed by atoms with Crippen LogP contribution in [-0.2, 0) is 6.18 Å². The van der Waals surface area contributed by atoms with Crippen molar-refractivity contribution in [1.82, 2.24) is 9.55 Å². The highest BCUT2D eigenvalue weighted by molar-refractivity contribution is 5.32. The second-order valence-electron chi connectivity index (χ2n) is 5.54. The van der Waals surface area contributed by atoms with Gasteiger partial charge in [-0.25, -0.2) is 9.78 Å². The largest absolute Gasteiger partial charge is 0.434 e. The van der Waals surface area contributed by atoms with E-state index in [9.17, 15) is 18.0 Å². The molecule has 2 aromatic heterocycles. The van der Waals surface area contributed by atoms with Gasteiger partial charge in [0.15, 0.2) is 5.69 Å². The van der Waals surface area contributed by atoms with Gasteiger partial charge in [0.25, 0.3) is 0 Å². The zero-order valence-electron chi connectivity index (χ0n) is 11.8. The van der Waals surface area contributed by atoms with Crippen LogP contribution in [0.25, 0.3) is 5.69 Å². The van der Waals surface area contributed by atoms with E-state index in [-0.39, 0.29) is 5.92 Å². The first-order valence-corrected chi connectivity index (χ1v) is 7.20. The second-order valence-corrected chi connectivity index (χ2v) is 5.54. The highest BCUT2D eigenvalue weighted by atomic mass is 19.4. The summed E-state index contributed by atoms with van der Waals surface area (Å²) in [5.74, 6) is 0.705. The standard InChI is InChI=1S/C15H15F3N2O2/c16-15(17,18)13-8-20(9-19-13)11-6-12(22-14(21)7-11)10-4-2-1-3-5-10/h6-10H,1-5H2. The maximum absolute atomic E-state index is 12.6. The minimum atomic E-state index is -4.50. The molecule has 0 aromatic carbocycles. The highest BCUT2D eigenvalue weighted by Gasteiger charge is 2.33. The van der Waals surface area contributed by atoms with Crippen LogP contribution in [0.5, 0.6) is 0 Å². The lowest BCUT2D eigenvalue weighted by atomic mass is 9.87. The lowest BCUT2D eigenvalue weighted by Gasteiger charge is -2.20. The van der Waals surface area contributed by atoms with Gasteiger partial charge in [0.2, 0.25) is 0 Å². The van der Waals surface area contributed by atoms with Crippen LogP contribution in [0.15, 0.2) is 33.9 Å². The highest BCUT2D eigenvalue weighted by Crippen LogP contribution is 2.33. The van der Waals surface area contributed by atoms with Crippen molar-refractivity contribution < 1.29 is 17.6 Å². The molecule has 0 N–H and O–H groups in total. The molecule has 1 aliphatic carbocycles. The number of rotatable bonds is 2. The molecule has 0 unspecified atom stereocenters. The summed E-state index contributed by atoms with van der Waals surface area (Å²) in [4.78, 5) is 15.0. The Labute approximate surface area is 124 Å². The summed E-state index contributed by atoms with van der Waals surface area (Å²) < 4.78 is 44.3.